The summed E-state index contributed by atoms with van der Waals surface area (Å²) in [6.07, 6.45) is 5.35. The summed E-state index contributed by atoms with van der Waals surface area (Å²) in [4.78, 5) is 20.5. The molecule has 0 aliphatic heterocycles. The first-order valence-electron chi connectivity index (χ1n) is 6.81. The predicted molar refractivity (Wildman–Crippen MR) is 78.8 cm³/mol. The molecule has 0 saturated heterocycles. The summed E-state index contributed by atoms with van der Waals surface area (Å²) in [7, 11) is 0. The molecule has 0 atom stereocenters. The standard InChI is InChI=1S/C16H15N3O2/c1-2-21-15(20)10-13-16(12-6-4-3-5-7-12)18-14-11-17-8-9-19(13)14/h3-9,11H,2,10H2,1H3. The number of imidazole rings is 1. The number of esters is 1. The number of fused-ring (bicyclic) bond motifs is 1. The Morgan fingerprint density at radius 3 is 2.86 bits per heavy atom. The van der Waals surface area contributed by atoms with Crippen molar-refractivity contribution in [2.75, 3.05) is 6.61 Å². The lowest BCUT2D eigenvalue weighted by atomic mass is 10.1. The van der Waals surface area contributed by atoms with Crippen molar-refractivity contribution in [3.8, 4) is 11.3 Å². The van der Waals surface area contributed by atoms with E-state index in [9.17, 15) is 4.79 Å². The number of nitrogens with zero attached hydrogens (tertiary/aromatic N) is 3. The Kier molecular flexibility index (Phi) is 3.64. The molecular formula is C16H15N3O2. The van der Waals surface area contributed by atoms with Gasteiger partial charge in [-0.1, -0.05) is 30.3 Å². The number of carbonyl (C=O) groups excluding carboxylic acids is 1. The number of hydrogen-bond donors (Lipinski definition) is 0. The SMILES string of the molecule is CCOC(=O)Cc1c(-c2ccccc2)nc2cnccn12. The first kappa shape index (κ1) is 13.3. The van der Waals surface area contributed by atoms with Gasteiger partial charge in [0, 0.05) is 18.0 Å². The van der Waals surface area contributed by atoms with Crippen LogP contribution in [0.15, 0.2) is 48.9 Å². The van der Waals surface area contributed by atoms with Crippen molar-refractivity contribution in [1.82, 2.24) is 14.4 Å². The molecule has 5 heteroatoms. The van der Waals surface area contributed by atoms with Gasteiger partial charge in [-0.2, -0.15) is 0 Å². The van der Waals surface area contributed by atoms with Gasteiger partial charge in [-0.3, -0.25) is 14.2 Å². The molecule has 3 rings (SSSR count). The van der Waals surface area contributed by atoms with Crippen molar-refractivity contribution in [2.45, 2.75) is 13.3 Å². The lowest BCUT2D eigenvalue weighted by molar-refractivity contribution is -0.142. The van der Waals surface area contributed by atoms with Crippen LogP contribution in [0, 0.1) is 0 Å². The van der Waals surface area contributed by atoms with Crippen molar-refractivity contribution in [3.63, 3.8) is 0 Å². The van der Waals surface area contributed by atoms with Crippen LogP contribution < -0.4 is 0 Å². The Labute approximate surface area is 122 Å². The van der Waals surface area contributed by atoms with Crippen LogP contribution in [-0.2, 0) is 16.0 Å². The van der Waals surface area contributed by atoms with Crippen molar-refractivity contribution < 1.29 is 9.53 Å². The molecule has 0 fully saturated rings. The van der Waals surface area contributed by atoms with E-state index in [1.165, 1.54) is 0 Å². The summed E-state index contributed by atoms with van der Waals surface area (Å²) in [5.74, 6) is -0.256. The first-order valence-corrected chi connectivity index (χ1v) is 6.81. The van der Waals surface area contributed by atoms with Gasteiger partial charge in [-0.05, 0) is 6.92 Å². The molecule has 0 aliphatic carbocycles. The van der Waals surface area contributed by atoms with Crippen molar-refractivity contribution in [3.05, 3.63) is 54.6 Å². The van der Waals surface area contributed by atoms with E-state index in [1.54, 1.807) is 19.3 Å². The summed E-state index contributed by atoms with van der Waals surface area (Å²) < 4.78 is 6.94. The van der Waals surface area contributed by atoms with Crippen LogP contribution >= 0.6 is 0 Å². The third-order valence-corrected chi connectivity index (χ3v) is 3.19. The molecule has 3 aromatic rings. The zero-order valence-corrected chi connectivity index (χ0v) is 11.7. The summed E-state index contributed by atoms with van der Waals surface area (Å²) in [6, 6.07) is 9.80. The lowest BCUT2D eigenvalue weighted by Crippen LogP contribution is -2.10. The molecule has 0 amide bonds. The Hall–Kier alpha value is -2.69. The number of hydrogen-bond acceptors (Lipinski definition) is 4. The van der Waals surface area contributed by atoms with E-state index in [-0.39, 0.29) is 12.4 Å². The normalized spacial score (nSPS) is 10.7. The summed E-state index contributed by atoms with van der Waals surface area (Å²) in [5, 5.41) is 0. The van der Waals surface area contributed by atoms with Crippen LogP contribution in [0.4, 0.5) is 0 Å². The Balaban J connectivity index is 2.12. The number of aromatic nitrogens is 3. The molecule has 2 heterocycles. The minimum Gasteiger partial charge on any atom is -0.466 e. The molecule has 0 spiro atoms. The van der Waals surface area contributed by atoms with Gasteiger partial charge in [0.2, 0.25) is 0 Å². The molecule has 0 radical (unpaired) electrons. The maximum atomic E-state index is 11.9. The van der Waals surface area contributed by atoms with Crippen LogP contribution in [0.3, 0.4) is 0 Å². The van der Waals surface area contributed by atoms with Gasteiger partial charge < -0.3 is 4.74 Å². The van der Waals surface area contributed by atoms with E-state index < -0.39 is 0 Å². The zero-order valence-electron chi connectivity index (χ0n) is 11.7. The van der Waals surface area contributed by atoms with Crippen LogP contribution in [0.2, 0.25) is 0 Å². The Bertz CT molecular complexity index is 766. The minimum absolute atomic E-state index is 0.184. The average molecular weight is 281 g/mol. The van der Waals surface area contributed by atoms with Crippen LogP contribution in [0.1, 0.15) is 12.6 Å². The largest absolute Gasteiger partial charge is 0.466 e. The fraction of sp³-hybridized carbons (Fsp3) is 0.188. The third-order valence-electron chi connectivity index (χ3n) is 3.19. The maximum absolute atomic E-state index is 11.9. The second-order valence-corrected chi connectivity index (χ2v) is 4.56. The highest BCUT2D eigenvalue weighted by molar-refractivity contribution is 5.77. The van der Waals surface area contributed by atoms with E-state index in [1.807, 2.05) is 40.9 Å². The maximum Gasteiger partial charge on any atom is 0.311 e. The van der Waals surface area contributed by atoms with E-state index in [0.717, 1.165) is 22.6 Å². The minimum atomic E-state index is -0.256. The monoisotopic (exact) mass is 281 g/mol. The third kappa shape index (κ3) is 2.63. The van der Waals surface area contributed by atoms with Crippen molar-refractivity contribution in [2.24, 2.45) is 0 Å². The number of carbonyl (C=O) groups is 1. The van der Waals surface area contributed by atoms with Crippen LogP contribution in [0.25, 0.3) is 16.9 Å². The van der Waals surface area contributed by atoms with Crippen molar-refractivity contribution in [1.29, 1.82) is 0 Å². The molecule has 2 aromatic heterocycles. The number of benzene rings is 1. The fourth-order valence-electron chi connectivity index (χ4n) is 2.30. The highest BCUT2D eigenvalue weighted by Gasteiger charge is 2.17. The van der Waals surface area contributed by atoms with Crippen LogP contribution in [-0.4, -0.2) is 26.9 Å². The molecule has 21 heavy (non-hydrogen) atoms. The first-order chi connectivity index (χ1) is 10.3. The fourth-order valence-corrected chi connectivity index (χ4v) is 2.30. The molecule has 0 unspecified atom stereocenters. The smallest absolute Gasteiger partial charge is 0.311 e. The van der Waals surface area contributed by atoms with E-state index in [4.69, 9.17) is 4.74 Å². The van der Waals surface area contributed by atoms with Gasteiger partial charge in [-0.15, -0.1) is 0 Å². The van der Waals surface area contributed by atoms with Gasteiger partial charge in [0.1, 0.15) is 0 Å². The second-order valence-electron chi connectivity index (χ2n) is 4.56. The highest BCUT2D eigenvalue weighted by Crippen LogP contribution is 2.24. The quantitative estimate of drug-likeness (QED) is 0.689. The number of ether oxygens (including phenoxy) is 1. The van der Waals surface area contributed by atoms with Gasteiger partial charge in [-0.25, -0.2) is 4.98 Å². The highest BCUT2D eigenvalue weighted by atomic mass is 16.5. The number of rotatable bonds is 4. The summed E-state index contributed by atoms with van der Waals surface area (Å²) in [6.45, 7) is 2.17. The van der Waals surface area contributed by atoms with Gasteiger partial charge in [0.15, 0.2) is 5.65 Å². The summed E-state index contributed by atoms with van der Waals surface area (Å²) in [5.41, 5.74) is 3.30. The van der Waals surface area contributed by atoms with E-state index in [2.05, 4.69) is 9.97 Å². The lowest BCUT2D eigenvalue weighted by Gasteiger charge is -2.05. The molecule has 106 valence electrons. The second kappa shape index (κ2) is 5.75. The van der Waals surface area contributed by atoms with E-state index >= 15 is 0 Å². The Morgan fingerprint density at radius 2 is 2.10 bits per heavy atom. The Morgan fingerprint density at radius 1 is 1.29 bits per heavy atom. The van der Waals surface area contributed by atoms with E-state index in [0.29, 0.717) is 6.61 Å². The molecule has 0 saturated carbocycles. The predicted octanol–water partition coefficient (Wildman–Crippen LogP) is 2.50. The van der Waals surface area contributed by atoms with Gasteiger partial charge in [0.25, 0.3) is 0 Å². The van der Waals surface area contributed by atoms with Crippen LogP contribution in [0.5, 0.6) is 0 Å². The average Bonchev–Trinajstić information content (AvgIpc) is 2.87. The molecule has 1 aromatic carbocycles. The van der Waals surface area contributed by atoms with Gasteiger partial charge >= 0.3 is 5.97 Å². The molecular weight excluding hydrogens is 266 g/mol. The zero-order chi connectivity index (χ0) is 14.7. The molecule has 0 aliphatic rings. The molecule has 0 N–H and O–H groups in total. The molecule has 5 nitrogen and oxygen atoms in total. The topological polar surface area (TPSA) is 56.5 Å². The van der Waals surface area contributed by atoms with Gasteiger partial charge in [0.05, 0.1) is 30.6 Å². The molecule has 0 bridgehead atoms. The van der Waals surface area contributed by atoms with Crippen molar-refractivity contribution >= 4 is 11.6 Å². The summed E-state index contributed by atoms with van der Waals surface area (Å²) >= 11 is 0.